The van der Waals surface area contributed by atoms with Gasteiger partial charge in [-0.2, -0.15) is 4.68 Å². The Morgan fingerprint density at radius 2 is 2.29 bits per heavy atom. The first-order valence-corrected chi connectivity index (χ1v) is 3.86. The van der Waals surface area contributed by atoms with Gasteiger partial charge in [-0.3, -0.25) is 4.79 Å². The van der Waals surface area contributed by atoms with Crippen LogP contribution < -0.4 is 5.73 Å². The number of nitrogens with two attached hydrogens (primary N) is 1. The van der Waals surface area contributed by atoms with Crippen molar-refractivity contribution in [3.63, 3.8) is 0 Å². The molecule has 2 N–H and O–H groups in total. The molecule has 0 aliphatic carbocycles. The zero-order valence-corrected chi connectivity index (χ0v) is 7.80. The van der Waals surface area contributed by atoms with Crippen LogP contribution in [0.25, 0.3) is 0 Å². The Bertz CT molecular complexity index is 382. The van der Waals surface area contributed by atoms with E-state index in [4.69, 9.17) is 5.73 Å². The topological polar surface area (TPSA) is 104 Å². The van der Waals surface area contributed by atoms with Gasteiger partial charge in [0.05, 0.1) is 17.4 Å². The highest BCUT2D eigenvalue weighted by Crippen LogP contribution is 2.16. The fourth-order valence-corrected chi connectivity index (χ4v) is 0.836. The van der Waals surface area contributed by atoms with E-state index in [-0.39, 0.29) is 5.82 Å². The molecule has 1 aromatic heterocycles. The summed E-state index contributed by atoms with van der Waals surface area (Å²) in [6.45, 7) is 3.07. The summed E-state index contributed by atoms with van der Waals surface area (Å²) in [5, 5.41) is 13.9. The van der Waals surface area contributed by atoms with E-state index in [9.17, 15) is 14.9 Å². The zero-order valence-electron chi connectivity index (χ0n) is 7.80. The van der Waals surface area contributed by atoms with Gasteiger partial charge in [-0.25, -0.2) is 0 Å². The lowest BCUT2D eigenvalue weighted by Gasteiger charge is -2.16. The molecule has 0 aliphatic rings. The molecular weight excluding hydrogens is 188 g/mol. The molecule has 7 heteroatoms. The summed E-state index contributed by atoms with van der Waals surface area (Å²) in [5.74, 6) is -0.908. The lowest BCUT2D eigenvalue weighted by atomic mass is 10.1. The highest BCUT2D eigenvalue weighted by Gasteiger charge is 2.32. The van der Waals surface area contributed by atoms with E-state index in [1.807, 2.05) is 0 Å². The smallest absolute Gasteiger partial charge is 0.368 e. The van der Waals surface area contributed by atoms with Gasteiger partial charge in [-0.1, -0.05) is 0 Å². The summed E-state index contributed by atoms with van der Waals surface area (Å²) in [6.07, 6.45) is 1.35. The van der Waals surface area contributed by atoms with Crippen LogP contribution in [0.5, 0.6) is 0 Å². The Balaban J connectivity index is 3.09. The highest BCUT2D eigenvalue weighted by atomic mass is 16.6. The number of hydrogen-bond acceptors (Lipinski definition) is 4. The van der Waals surface area contributed by atoms with Gasteiger partial charge in [0.1, 0.15) is 0 Å². The van der Waals surface area contributed by atoms with Crippen LogP contribution in [0.4, 0.5) is 5.82 Å². The summed E-state index contributed by atoms with van der Waals surface area (Å²) in [6, 6.07) is 1.21. The van der Waals surface area contributed by atoms with Crippen molar-refractivity contribution >= 4 is 11.7 Å². The number of hydrogen-bond donors (Lipinski definition) is 1. The van der Waals surface area contributed by atoms with E-state index >= 15 is 0 Å². The van der Waals surface area contributed by atoms with Crippen molar-refractivity contribution in [2.24, 2.45) is 5.73 Å². The van der Waals surface area contributed by atoms with Crippen LogP contribution in [0.3, 0.4) is 0 Å². The Labute approximate surface area is 79.7 Å². The van der Waals surface area contributed by atoms with Crippen LogP contribution in [0, 0.1) is 10.1 Å². The number of nitrogens with zero attached hydrogens (tertiary/aromatic N) is 3. The molecule has 0 unspecified atom stereocenters. The van der Waals surface area contributed by atoms with Gasteiger partial charge in [0.25, 0.3) is 0 Å². The quantitative estimate of drug-likeness (QED) is 0.545. The van der Waals surface area contributed by atoms with E-state index in [1.54, 1.807) is 0 Å². The third-order valence-electron chi connectivity index (χ3n) is 1.94. The second-order valence-electron chi connectivity index (χ2n) is 3.30. The SMILES string of the molecule is CC(C)(C(N)=O)n1ccc([N+](=O)[O-])n1. The van der Waals surface area contributed by atoms with Crippen molar-refractivity contribution in [2.75, 3.05) is 0 Å². The molecule has 0 radical (unpaired) electrons. The first kappa shape index (κ1) is 10.2. The summed E-state index contributed by atoms with van der Waals surface area (Å²) in [7, 11) is 0. The molecular formula is C7H10N4O3. The third-order valence-corrected chi connectivity index (χ3v) is 1.94. The summed E-state index contributed by atoms with van der Waals surface area (Å²) < 4.78 is 1.17. The van der Waals surface area contributed by atoms with Crippen LogP contribution in [0.15, 0.2) is 12.3 Å². The third kappa shape index (κ3) is 1.56. The van der Waals surface area contributed by atoms with Crippen LogP contribution in [-0.2, 0) is 10.3 Å². The number of aromatic nitrogens is 2. The minimum absolute atomic E-state index is 0.306. The van der Waals surface area contributed by atoms with Crippen molar-refractivity contribution in [1.82, 2.24) is 9.78 Å². The predicted molar refractivity (Wildman–Crippen MR) is 47.4 cm³/mol. The lowest BCUT2D eigenvalue weighted by Crippen LogP contribution is -2.41. The van der Waals surface area contributed by atoms with E-state index in [0.29, 0.717) is 0 Å². The molecule has 0 spiro atoms. The molecule has 1 amide bonds. The largest absolute Gasteiger partial charge is 0.389 e. The molecule has 1 rings (SSSR count). The van der Waals surface area contributed by atoms with Crippen LogP contribution in [0.2, 0.25) is 0 Å². The fourth-order valence-electron chi connectivity index (χ4n) is 0.836. The molecule has 0 saturated carbocycles. The first-order chi connectivity index (χ1) is 6.35. The molecule has 14 heavy (non-hydrogen) atoms. The highest BCUT2D eigenvalue weighted by molar-refractivity contribution is 5.81. The number of nitro groups is 1. The molecule has 0 bridgehead atoms. The molecule has 1 heterocycles. The molecule has 76 valence electrons. The second kappa shape index (κ2) is 3.09. The average Bonchev–Trinajstić information content (AvgIpc) is 2.51. The Hall–Kier alpha value is -1.92. The number of rotatable bonds is 3. The Morgan fingerprint density at radius 3 is 2.64 bits per heavy atom. The van der Waals surface area contributed by atoms with Crippen molar-refractivity contribution < 1.29 is 9.72 Å². The van der Waals surface area contributed by atoms with Crippen molar-refractivity contribution in [2.45, 2.75) is 19.4 Å². The first-order valence-electron chi connectivity index (χ1n) is 3.86. The normalized spacial score (nSPS) is 11.3. The van der Waals surface area contributed by atoms with Crippen LogP contribution in [0.1, 0.15) is 13.8 Å². The van der Waals surface area contributed by atoms with Crippen molar-refractivity contribution in [1.29, 1.82) is 0 Å². The monoisotopic (exact) mass is 198 g/mol. The van der Waals surface area contributed by atoms with E-state index in [0.717, 1.165) is 0 Å². The van der Waals surface area contributed by atoms with Gasteiger partial charge in [0, 0.05) is 0 Å². The Morgan fingerprint density at radius 1 is 1.71 bits per heavy atom. The average molecular weight is 198 g/mol. The minimum atomic E-state index is -1.06. The minimum Gasteiger partial charge on any atom is -0.368 e. The Kier molecular flexibility index (Phi) is 2.24. The van der Waals surface area contributed by atoms with E-state index in [2.05, 4.69) is 5.10 Å². The summed E-state index contributed by atoms with van der Waals surface area (Å²) in [4.78, 5) is 20.7. The molecule has 0 aromatic carbocycles. The number of amides is 1. The van der Waals surface area contributed by atoms with Gasteiger partial charge >= 0.3 is 5.82 Å². The lowest BCUT2D eigenvalue weighted by molar-refractivity contribution is -0.389. The predicted octanol–water partition coefficient (Wildman–Crippen LogP) is 0.0117. The maximum absolute atomic E-state index is 11.0. The number of primary amides is 1. The van der Waals surface area contributed by atoms with Gasteiger partial charge < -0.3 is 15.8 Å². The second-order valence-corrected chi connectivity index (χ2v) is 3.30. The summed E-state index contributed by atoms with van der Waals surface area (Å²) in [5.41, 5.74) is 4.06. The molecule has 0 atom stereocenters. The maximum Gasteiger partial charge on any atom is 0.389 e. The van der Waals surface area contributed by atoms with E-state index in [1.165, 1.54) is 30.8 Å². The van der Waals surface area contributed by atoms with Crippen LogP contribution in [-0.4, -0.2) is 20.6 Å². The van der Waals surface area contributed by atoms with E-state index < -0.39 is 16.4 Å². The molecule has 0 saturated heterocycles. The zero-order chi connectivity index (χ0) is 10.9. The fraction of sp³-hybridized carbons (Fsp3) is 0.429. The molecule has 0 fully saturated rings. The molecule has 0 aliphatic heterocycles. The number of carbonyl (C=O) groups excluding carboxylic acids is 1. The van der Waals surface area contributed by atoms with Gasteiger partial charge in [0.2, 0.25) is 5.91 Å². The van der Waals surface area contributed by atoms with Gasteiger partial charge in [0.15, 0.2) is 5.54 Å². The maximum atomic E-state index is 11.0. The molecule has 1 aromatic rings. The summed E-state index contributed by atoms with van der Waals surface area (Å²) >= 11 is 0. The number of carbonyl (C=O) groups is 1. The van der Waals surface area contributed by atoms with Crippen molar-refractivity contribution in [3.05, 3.63) is 22.4 Å². The van der Waals surface area contributed by atoms with Gasteiger partial charge in [-0.05, 0) is 18.8 Å². The van der Waals surface area contributed by atoms with Gasteiger partial charge in [-0.15, -0.1) is 0 Å². The molecule has 7 nitrogen and oxygen atoms in total. The standard InChI is InChI=1S/C7H10N4O3/c1-7(2,6(8)12)10-4-3-5(9-10)11(13)14/h3-4H,1-2H3,(H2,8,12). The van der Waals surface area contributed by atoms with Crippen LogP contribution >= 0.6 is 0 Å². The van der Waals surface area contributed by atoms with Crippen molar-refractivity contribution in [3.8, 4) is 0 Å².